The first kappa shape index (κ1) is 20.9. The van der Waals surface area contributed by atoms with E-state index in [1.165, 1.54) is 0 Å². The minimum atomic E-state index is 0. The average Bonchev–Trinajstić information content (AvgIpc) is 2.57. The van der Waals surface area contributed by atoms with Gasteiger partial charge in [-0.15, -0.1) is 29.9 Å². The summed E-state index contributed by atoms with van der Waals surface area (Å²) in [6.45, 7) is 3.80. The summed E-state index contributed by atoms with van der Waals surface area (Å²) in [5, 5.41) is 14.6. The molecular formula is C15H25Cl2N5O2. The molecule has 136 valence electrons. The van der Waals surface area contributed by atoms with Gasteiger partial charge in [0, 0.05) is 44.3 Å². The molecule has 0 spiro atoms. The molecule has 0 radical (unpaired) electrons. The lowest BCUT2D eigenvalue weighted by molar-refractivity contribution is -0.133. The number of ether oxygens (including phenoxy) is 1. The first-order valence-corrected chi connectivity index (χ1v) is 7.94. The van der Waals surface area contributed by atoms with E-state index in [1.807, 2.05) is 17.0 Å². The zero-order chi connectivity index (χ0) is 15.2. The quantitative estimate of drug-likeness (QED) is 0.817. The zero-order valence-corrected chi connectivity index (χ0v) is 15.2. The van der Waals surface area contributed by atoms with Crippen LogP contribution in [0.15, 0.2) is 18.3 Å². The van der Waals surface area contributed by atoms with Crippen LogP contribution in [0, 0.1) is 0 Å². The van der Waals surface area contributed by atoms with Crippen LogP contribution in [-0.4, -0.2) is 65.9 Å². The topological polar surface area (TPSA) is 79.4 Å². The van der Waals surface area contributed by atoms with Crippen molar-refractivity contribution in [2.45, 2.75) is 31.3 Å². The van der Waals surface area contributed by atoms with Gasteiger partial charge in [-0.1, -0.05) is 0 Å². The number of hydrogen-bond donors (Lipinski definition) is 2. The van der Waals surface area contributed by atoms with E-state index in [0.717, 1.165) is 44.9 Å². The third-order valence-electron chi connectivity index (χ3n) is 4.19. The second kappa shape index (κ2) is 10.7. The van der Waals surface area contributed by atoms with Gasteiger partial charge < -0.3 is 20.3 Å². The lowest BCUT2D eigenvalue weighted by Crippen LogP contribution is -2.47. The van der Waals surface area contributed by atoms with Gasteiger partial charge in [0.05, 0.1) is 13.2 Å². The van der Waals surface area contributed by atoms with E-state index < -0.39 is 0 Å². The number of rotatable bonds is 4. The number of nitrogens with zero attached hydrogens (tertiary/aromatic N) is 3. The second-order valence-corrected chi connectivity index (χ2v) is 5.84. The summed E-state index contributed by atoms with van der Waals surface area (Å²) >= 11 is 0. The largest absolute Gasteiger partial charge is 0.378 e. The molecule has 1 atom stereocenters. The minimum Gasteiger partial charge on any atom is -0.378 e. The Morgan fingerprint density at radius 1 is 1.38 bits per heavy atom. The molecule has 0 aromatic carbocycles. The summed E-state index contributed by atoms with van der Waals surface area (Å²) in [5.41, 5.74) is 0. The maximum atomic E-state index is 12.3. The Hall–Kier alpha value is -1.15. The molecule has 3 heterocycles. The van der Waals surface area contributed by atoms with E-state index in [-0.39, 0.29) is 36.8 Å². The fourth-order valence-electron chi connectivity index (χ4n) is 2.95. The first-order chi connectivity index (χ1) is 10.8. The number of hydrogen-bond acceptors (Lipinski definition) is 6. The molecule has 9 heteroatoms. The van der Waals surface area contributed by atoms with Gasteiger partial charge in [0.2, 0.25) is 5.91 Å². The van der Waals surface area contributed by atoms with Crippen molar-refractivity contribution in [3.8, 4) is 0 Å². The van der Waals surface area contributed by atoms with Gasteiger partial charge in [-0.3, -0.25) is 4.79 Å². The van der Waals surface area contributed by atoms with Crippen LogP contribution >= 0.6 is 24.8 Å². The third-order valence-corrected chi connectivity index (χ3v) is 4.19. The van der Waals surface area contributed by atoms with Crippen molar-refractivity contribution in [2.24, 2.45) is 0 Å². The van der Waals surface area contributed by atoms with Crippen LogP contribution in [0.1, 0.15) is 19.3 Å². The number of anilines is 1. The predicted molar refractivity (Wildman–Crippen MR) is 97.0 cm³/mol. The van der Waals surface area contributed by atoms with E-state index >= 15 is 0 Å². The lowest BCUT2D eigenvalue weighted by atomic mass is 10.0. The number of carbonyl (C=O) groups is 1. The smallest absolute Gasteiger partial charge is 0.224 e. The van der Waals surface area contributed by atoms with Crippen LogP contribution < -0.4 is 10.6 Å². The Labute approximate surface area is 154 Å². The summed E-state index contributed by atoms with van der Waals surface area (Å²) in [6, 6.07) is 4.31. The predicted octanol–water partition coefficient (Wildman–Crippen LogP) is 1.10. The normalized spacial score (nSPS) is 21.3. The highest BCUT2D eigenvalue weighted by Gasteiger charge is 2.25. The van der Waals surface area contributed by atoms with Gasteiger partial charge in [-0.05, 0) is 25.0 Å². The minimum absolute atomic E-state index is 0. The maximum Gasteiger partial charge on any atom is 0.224 e. The molecule has 2 fully saturated rings. The molecule has 2 aliphatic heterocycles. The van der Waals surface area contributed by atoms with Crippen molar-refractivity contribution in [1.29, 1.82) is 0 Å². The molecule has 0 aliphatic carbocycles. The van der Waals surface area contributed by atoms with Crippen molar-refractivity contribution in [2.75, 3.05) is 38.2 Å². The van der Waals surface area contributed by atoms with Gasteiger partial charge in [0.1, 0.15) is 5.82 Å². The van der Waals surface area contributed by atoms with E-state index in [9.17, 15) is 4.79 Å². The van der Waals surface area contributed by atoms with Crippen LogP contribution in [0.5, 0.6) is 0 Å². The molecule has 1 aromatic heterocycles. The monoisotopic (exact) mass is 377 g/mol. The SMILES string of the molecule is Cl.Cl.O=C(CC1COCCN1)N1CCC(Nc2cccnn2)CC1. The highest BCUT2D eigenvalue weighted by atomic mass is 35.5. The standard InChI is InChI=1S/C15H23N5O2.2ClH/c21-15(10-13-11-22-9-6-16-13)20-7-3-12(4-8-20)18-14-2-1-5-17-19-14;;/h1-2,5,12-13,16H,3-4,6-11H2,(H,18,19);2*1H. The average molecular weight is 378 g/mol. The molecule has 2 aliphatic rings. The van der Waals surface area contributed by atoms with Crippen molar-refractivity contribution < 1.29 is 9.53 Å². The van der Waals surface area contributed by atoms with Crippen LogP contribution in [0.4, 0.5) is 5.82 Å². The number of nitrogens with one attached hydrogen (secondary N) is 2. The second-order valence-electron chi connectivity index (χ2n) is 5.84. The third kappa shape index (κ3) is 6.05. The van der Waals surface area contributed by atoms with Crippen molar-refractivity contribution in [1.82, 2.24) is 20.4 Å². The Morgan fingerprint density at radius 2 is 2.17 bits per heavy atom. The molecule has 1 aromatic rings. The number of amides is 1. The number of aromatic nitrogens is 2. The molecule has 1 unspecified atom stereocenters. The molecule has 2 N–H and O–H groups in total. The Balaban J connectivity index is 0.00000144. The molecule has 3 rings (SSSR count). The summed E-state index contributed by atoms with van der Waals surface area (Å²) in [5.74, 6) is 1.02. The molecule has 2 saturated heterocycles. The fraction of sp³-hybridized carbons (Fsp3) is 0.667. The molecule has 24 heavy (non-hydrogen) atoms. The summed E-state index contributed by atoms with van der Waals surface area (Å²) in [7, 11) is 0. The number of piperidine rings is 1. The maximum absolute atomic E-state index is 12.3. The van der Waals surface area contributed by atoms with Gasteiger partial charge in [0.15, 0.2) is 0 Å². The summed E-state index contributed by atoms with van der Waals surface area (Å²) in [6.07, 6.45) is 4.07. The van der Waals surface area contributed by atoms with Gasteiger partial charge in [0.25, 0.3) is 0 Å². The summed E-state index contributed by atoms with van der Waals surface area (Å²) in [4.78, 5) is 14.3. The van der Waals surface area contributed by atoms with Crippen LogP contribution in [-0.2, 0) is 9.53 Å². The molecular weight excluding hydrogens is 353 g/mol. The highest BCUT2D eigenvalue weighted by molar-refractivity contribution is 5.85. The van der Waals surface area contributed by atoms with Crippen LogP contribution in [0.25, 0.3) is 0 Å². The number of halogens is 2. The Kier molecular flexibility index (Phi) is 9.28. The lowest BCUT2D eigenvalue weighted by Gasteiger charge is -2.34. The van der Waals surface area contributed by atoms with Crippen molar-refractivity contribution >= 4 is 36.5 Å². The van der Waals surface area contributed by atoms with Crippen LogP contribution in [0.2, 0.25) is 0 Å². The fourth-order valence-corrected chi connectivity index (χ4v) is 2.95. The Bertz CT molecular complexity index is 480. The Morgan fingerprint density at radius 3 is 2.79 bits per heavy atom. The van der Waals surface area contributed by atoms with E-state index in [2.05, 4.69) is 20.8 Å². The van der Waals surface area contributed by atoms with Crippen molar-refractivity contribution in [3.63, 3.8) is 0 Å². The molecule has 1 amide bonds. The van der Waals surface area contributed by atoms with Crippen LogP contribution in [0.3, 0.4) is 0 Å². The molecule has 0 bridgehead atoms. The van der Waals surface area contributed by atoms with Gasteiger partial charge >= 0.3 is 0 Å². The molecule has 0 saturated carbocycles. The number of carbonyl (C=O) groups excluding carboxylic acids is 1. The van der Waals surface area contributed by atoms with E-state index in [1.54, 1.807) is 6.20 Å². The first-order valence-electron chi connectivity index (χ1n) is 7.94. The summed E-state index contributed by atoms with van der Waals surface area (Å²) < 4.78 is 5.40. The van der Waals surface area contributed by atoms with E-state index in [4.69, 9.17) is 4.74 Å². The number of morpholine rings is 1. The van der Waals surface area contributed by atoms with Crippen molar-refractivity contribution in [3.05, 3.63) is 18.3 Å². The number of likely N-dealkylation sites (tertiary alicyclic amines) is 1. The molecule has 7 nitrogen and oxygen atoms in total. The van der Waals surface area contributed by atoms with Gasteiger partial charge in [-0.25, -0.2) is 0 Å². The zero-order valence-electron chi connectivity index (χ0n) is 13.5. The van der Waals surface area contributed by atoms with Gasteiger partial charge in [-0.2, -0.15) is 5.10 Å². The van der Waals surface area contributed by atoms with E-state index in [0.29, 0.717) is 19.1 Å². The highest BCUT2D eigenvalue weighted by Crippen LogP contribution is 2.16.